The van der Waals surface area contributed by atoms with Gasteiger partial charge in [0, 0.05) is 43.7 Å². The molecule has 1 aromatic heterocycles. The van der Waals surface area contributed by atoms with Crippen molar-refractivity contribution in [1.82, 2.24) is 9.47 Å². The third kappa shape index (κ3) is 3.51. The van der Waals surface area contributed by atoms with Crippen molar-refractivity contribution in [2.75, 3.05) is 27.3 Å². The third-order valence-electron chi connectivity index (χ3n) is 5.91. The Morgan fingerprint density at radius 3 is 2.68 bits per heavy atom. The Hall–Kier alpha value is -2.76. The molecule has 0 aliphatic carbocycles. The van der Waals surface area contributed by atoms with Crippen molar-refractivity contribution in [3.8, 4) is 11.5 Å². The second-order valence-electron chi connectivity index (χ2n) is 7.69. The van der Waals surface area contributed by atoms with Crippen LogP contribution in [-0.4, -0.2) is 42.7 Å². The van der Waals surface area contributed by atoms with Crippen molar-refractivity contribution in [3.63, 3.8) is 0 Å². The first-order chi connectivity index (χ1) is 13.6. The van der Waals surface area contributed by atoms with Crippen molar-refractivity contribution in [2.24, 2.45) is 5.92 Å². The molecule has 1 aromatic carbocycles. The van der Waals surface area contributed by atoms with Crippen LogP contribution in [0.2, 0.25) is 0 Å². The molecule has 2 aliphatic rings. The van der Waals surface area contributed by atoms with Crippen LogP contribution in [0.5, 0.6) is 11.5 Å². The van der Waals surface area contributed by atoms with E-state index in [1.54, 1.807) is 20.3 Å². The highest BCUT2D eigenvalue weighted by atomic mass is 16.5. The Balaban J connectivity index is 1.42. The summed E-state index contributed by atoms with van der Waals surface area (Å²) in [5.41, 5.74) is 2.20. The fraction of sp³-hybridized carbons (Fsp3) is 0.455. The Morgan fingerprint density at radius 1 is 1.07 bits per heavy atom. The van der Waals surface area contributed by atoms with Gasteiger partial charge in [-0.1, -0.05) is 12.1 Å². The highest BCUT2D eigenvalue weighted by Crippen LogP contribution is 2.35. The number of nitrogens with zero attached hydrogens (tertiary/aromatic N) is 2. The number of carbonyl (C=O) groups excluding carboxylic acids is 1. The fourth-order valence-corrected chi connectivity index (χ4v) is 4.55. The number of carbonyl (C=O) groups is 1. The van der Waals surface area contributed by atoms with Gasteiger partial charge in [0.15, 0.2) is 11.5 Å². The van der Waals surface area contributed by atoms with E-state index in [0.717, 1.165) is 24.2 Å². The van der Waals surface area contributed by atoms with Crippen LogP contribution < -0.4 is 15.0 Å². The second kappa shape index (κ2) is 7.70. The summed E-state index contributed by atoms with van der Waals surface area (Å²) in [6.45, 7) is 2.15. The monoisotopic (exact) mass is 382 g/mol. The second-order valence-corrected chi connectivity index (χ2v) is 7.69. The summed E-state index contributed by atoms with van der Waals surface area (Å²) in [4.78, 5) is 27.0. The number of fused-ring (bicyclic) bond motifs is 4. The van der Waals surface area contributed by atoms with Crippen molar-refractivity contribution in [3.05, 3.63) is 58.0 Å². The van der Waals surface area contributed by atoms with Gasteiger partial charge in [-0.25, -0.2) is 0 Å². The molecule has 0 unspecified atom stereocenters. The quantitative estimate of drug-likeness (QED) is 0.797. The molecule has 0 spiro atoms. The van der Waals surface area contributed by atoms with E-state index >= 15 is 0 Å². The average molecular weight is 382 g/mol. The van der Waals surface area contributed by atoms with Gasteiger partial charge in [0.1, 0.15) is 0 Å². The van der Waals surface area contributed by atoms with Crippen molar-refractivity contribution < 1.29 is 14.3 Å². The average Bonchev–Trinajstić information content (AvgIpc) is 2.72. The molecule has 0 N–H and O–H groups in total. The summed E-state index contributed by atoms with van der Waals surface area (Å²) >= 11 is 0. The molecule has 2 aromatic rings. The zero-order valence-electron chi connectivity index (χ0n) is 16.4. The lowest BCUT2D eigenvalue weighted by atomic mass is 9.83. The normalized spacial score (nSPS) is 20.4. The number of methoxy groups -OCH3 is 2. The van der Waals surface area contributed by atoms with Gasteiger partial charge >= 0.3 is 0 Å². The molecule has 0 radical (unpaired) electrons. The standard InChI is InChI=1S/C22H26N2O4/c1-27-19-8-6-15(11-20(19)28-2)7-9-21(25)23-12-16-10-17(14-23)18-4-3-5-22(26)24(18)13-16/h3-6,8,11,16-17H,7,9-10,12-14H2,1-2H3/t16-,17+/m1/s1. The Morgan fingerprint density at radius 2 is 1.89 bits per heavy atom. The van der Waals surface area contributed by atoms with Crippen LogP contribution in [0.4, 0.5) is 0 Å². The van der Waals surface area contributed by atoms with E-state index < -0.39 is 0 Å². The van der Waals surface area contributed by atoms with Crippen LogP contribution in [0.25, 0.3) is 0 Å². The van der Waals surface area contributed by atoms with Gasteiger partial charge in [-0.05, 0) is 42.5 Å². The minimum atomic E-state index is 0.0698. The van der Waals surface area contributed by atoms with E-state index in [1.807, 2.05) is 39.8 Å². The molecule has 6 nitrogen and oxygen atoms in total. The zero-order valence-corrected chi connectivity index (χ0v) is 16.4. The fourth-order valence-electron chi connectivity index (χ4n) is 4.55. The highest BCUT2D eigenvalue weighted by Gasteiger charge is 2.35. The molecule has 2 aliphatic heterocycles. The van der Waals surface area contributed by atoms with Crippen molar-refractivity contribution in [2.45, 2.75) is 31.7 Å². The molecule has 2 bridgehead atoms. The molecular formula is C22H26N2O4. The van der Waals surface area contributed by atoms with E-state index in [-0.39, 0.29) is 17.4 Å². The summed E-state index contributed by atoms with van der Waals surface area (Å²) in [5.74, 6) is 2.16. The van der Waals surface area contributed by atoms with E-state index in [9.17, 15) is 9.59 Å². The van der Waals surface area contributed by atoms with Gasteiger partial charge in [-0.15, -0.1) is 0 Å². The lowest BCUT2D eigenvalue weighted by Gasteiger charge is -2.42. The number of hydrogen-bond acceptors (Lipinski definition) is 4. The molecule has 4 rings (SSSR count). The number of likely N-dealkylation sites (tertiary alicyclic amines) is 1. The van der Waals surface area contributed by atoms with E-state index in [2.05, 4.69) is 0 Å². The minimum absolute atomic E-state index is 0.0698. The first-order valence-electron chi connectivity index (χ1n) is 9.77. The minimum Gasteiger partial charge on any atom is -0.493 e. The number of amides is 1. The summed E-state index contributed by atoms with van der Waals surface area (Å²) in [7, 11) is 3.23. The van der Waals surface area contributed by atoms with Crippen LogP contribution in [0, 0.1) is 5.92 Å². The molecule has 1 amide bonds. The van der Waals surface area contributed by atoms with Gasteiger partial charge in [-0.3, -0.25) is 9.59 Å². The van der Waals surface area contributed by atoms with E-state index in [4.69, 9.17) is 9.47 Å². The van der Waals surface area contributed by atoms with Crippen molar-refractivity contribution >= 4 is 5.91 Å². The largest absolute Gasteiger partial charge is 0.493 e. The molecule has 148 valence electrons. The third-order valence-corrected chi connectivity index (χ3v) is 5.91. The number of rotatable bonds is 5. The van der Waals surface area contributed by atoms with Crippen LogP contribution in [0.3, 0.4) is 0 Å². The van der Waals surface area contributed by atoms with Gasteiger partial charge < -0.3 is 18.9 Å². The lowest BCUT2D eigenvalue weighted by molar-refractivity contribution is -0.133. The molecule has 3 heterocycles. The molecule has 6 heteroatoms. The number of aromatic nitrogens is 1. The maximum absolute atomic E-state index is 12.9. The summed E-state index contributed by atoms with van der Waals surface area (Å²) in [5, 5.41) is 0. The molecule has 1 saturated heterocycles. The Bertz CT molecular complexity index is 936. The van der Waals surface area contributed by atoms with Crippen LogP contribution >= 0.6 is 0 Å². The van der Waals surface area contributed by atoms with Gasteiger partial charge in [-0.2, -0.15) is 0 Å². The Kier molecular flexibility index (Phi) is 5.11. The SMILES string of the molecule is COc1ccc(CCC(=O)N2C[C@H]3C[C@@H](C2)c2cccc(=O)n2C3)cc1OC. The highest BCUT2D eigenvalue weighted by molar-refractivity contribution is 5.76. The number of benzene rings is 1. The summed E-state index contributed by atoms with van der Waals surface area (Å²) in [6.07, 6.45) is 2.19. The number of hydrogen-bond donors (Lipinski definition) is 0. The maximum Gasteiger partial charge on any atom is 0.250 e. The molecule has 1 fully saturated rings. The molecular weight excluding hydrogens is 356 g/mol. The smallest absolute Gasteiger partial charge is 0.250 e. The van der Waals surface area contributed by atoms with Crippen molar-refractivity contribution in [1.29, 1.82) is 0 Å². The summed E-state index contributed by atoms with van der Waals surface area (Å²) in [6, 6.07) is 11.3. The number of pyridine rings is 1. The van der Waals surface area contributed by atoms with Gasteiger partial charge in [0.25, 0.3) is 5.56 Å². The van der Waals surface area contributed by atoms with Gasteiger partial charge in [0.05, 0.1) is 14.2 Å². The van der Waals surface area contributed by atoms with E-state index in [0.29, 0.717) is 43.3 Å². The first kappa shape index (κ1) is 18.6. The predicted octanol–water partition coefficient (Wildman–Crippen LogP) is 2.44. The molecule has 0 saturated carbocycles. The zero-order chi connectivity index (χ0) is 19.7. The predicted molar refractivity (Wildman–Crippen MR) is 106 cm³/mol. The van der Waals surface area contributed by atoms with Crippen LogP contribution in [0.1, 0.15) is 30.0 Å². The van der Waals surface area contributed by atoms with Crippen LogP contribution in [0.15, 0.2) is 41.2 Å². The first-order valence-corrected chi connectivity index (χ1v) is 9.77. The number of aryl methyl sites for hydroxylation is 1. The Labute approximate surface area is 164 Å². The van der Waals surface area contributed by atoms with Crippen LogP contribution in [-0.2, 0) is 17.8 Å². The number of piperidine rings is 1. The molecule has 28 heavy (non-hydrogen) atoms. The number of ether oxygens (including phenoxy) is 2. The topological polar surface area (TPSA) is 60.8 Å². The maximum atomic E-state index is 12.9. The van der Waals surface area contributed by atoms with Gasteiger partial charge in [0.2, 0.25) is 5.91 Å². The summed E-state index contributed by atoms with van der Waals surface area (Å²) < 4.78 is 12.5. The lowest BCUT2D eigenvalue weighted by Crippen LogP contribution is -2.49. The molecule has 2 atom stereocenters. The van der Waals surface area contributed by atoms with E-state index in [1.165, 1.54) is 0 Å².